The van der Waals surface area contributed by atoms with Gasteiger partial charge >= 0.3 is 0 Å². The zero-order chi connectivity index (χ0) is 13.3. The molecule has 2 rings (SSSR count). The van der Waals surface area contributed by atoms with Crippen LogP contribution in [0.5, 0.6) is 0 Å². The number of rotatable bonds is 2. The second-order valence-corrected chi connectivity index (χ2v) is 6.89. The van der Waals surface area contributed by atoms with Gasteiger partial charge in [0, 0.05) is 6.04 Å². The fourth-order valence-electron chi connectivity index (χ4n) is 3.14. The summed E-state index contributed by atoms with van der Waals surface area (Å²) in [6.07, 6.45) is 4.95. The quantitative estimate of drug-likeness (QED) is 0.833. The van der Waals surface area contributed by atoms with Gasteiger partial charge in [-0.3, -0.25) is 0 Å². The first kappa shape index (κ1) is 14.0. The zero-order valence-corrected chi connectivity index (χ0v) is 12.6. The van der Waals surface area contributed by atoms with E-state index in [9.17, 15) is 4.39 Å². The zero-order valence-electron chi connectivity index (χ0n) is 11.0. The summed E-state index contributed by atoms with van der Waals surface area (Å²) in [5, 5.41) is 0. The highest BCUT2D eigenvalue weighted by Gasteiger charge is 2.36. The predicted molar refractivity (Wildman–Crippen MR) is 76.8 cm³/mol. The van der Waals surface area contributed by atoms with Crippen molar-refractivity contribution in [3.8, 4) is 0 Å². The Kier molecular flexibility index (Phi) is 4.12. The van der Waals surface area contributed by atoms with E-state index in [1.165, 1.54) is 31.7 Å². The Hall–Kier alpha value is -0.410. The van der Waals surface area contributed by atoms with Gasteiger partial charge in [0.1, 0.15) is 5.82 Å². The van der Waals surface area contributed by atoms with Gasteiger partial charge in [-0.2, -0.15) is 0 Å². The van der Waals surface area contributed by atoms with Crippen LogP contribution in [0.25, 0.3) is 0 Å². The van der Waals surface area contributed by atoms with Gasteiger partial charge in [-0.05, 0) is 57.8 Å². The van der Waals surface area contributed by atoms with Crippen LogP contribution in [0, 0.1) is 17.2 Å². The lowest BCUT2D eigenvalue weighted by atomic mass is 9.65. The molecule has 1 nitrogen and oxygen atoms in total. The lowest BCUT2D eigenvalue weighted by molar-refractivity contribution is 0.112. The van der Waals surface area contributed by atoms with Gasteiger partial charge < -0.3 is 5.73 Å². The number of nitrogens with two attached hydrogens (primary N) is 1. The highest BCUT2D eigenvalue weighted by Crippen LogP contribution is 2.46. The summed E-state index contributed by atoms with van der Waals surface area (Å²) < 4.78 is 13.8. The summed E-state index contributed by atoms with van der Waals surface area (Å²) in [5.41, 5.74) is 7.73. The Morgan fingerprint density at radius 2 is 2.11 bits per heavy atom. The number of halogens is 2. The van der Waals surface area contributed by atoms with Gasteiger partial charge in [0.05, 0.1) is 4.47 Å². The second kappa shape index (κ2) is 5.30. The Labute approximate surface area is 117 Å². The molecule has 1 aromatic carbocycles. The van der Waals surface area contributed by atoms with E-state index in [1.807, 2.05) is 12.1 Å². The number of benzene rings is 1. The first-order valence-electron chi connectivity index (χ1n) is 6.62. The minimum absolute atomic E-state index is 0.00259. The van der Waals surface area contributed by atoms with E-state index in [0.717, 1.165) is 5.56 Å². The maximum absolute atomic E-state index is 13.3. The van der Waals surface area contributed by atoms with Crippen molar-refractivity contribution in [3.05, 3.63) is 34.1 Å². The summed E-state index contributed by atoms with van der Waals surface area (Å²) in [5.74, 6) is 0.248. The molecule has 0 aliphatic heterocycles. The molecule has 18 heavy (non-hydrogen) atoms. The van der Waals surface area contributed by atoms with E-state index in [-0.39, 0.29) is 17.3 Å². The van der Waals surface area contributed by atoms with Crippen LogP contribution in [-0.2, 0) is 0 Å². The van der Waals surface area contributed by atoms with E-state index in [0.29, 0.717) is 10.4 Å². The van der Waals surface area contributed by atoms with Gasteiger partial charge in [-0.25, -0.2) is 4.39 Å². The monoisotopic (exact) mass is 313 g/mol. The van der Waals surface area contributed by atoms with Crippen LogP contribution in [0.4, 0.5) is 4.39 Å². The van der Waals surface area contributed by atoms with Crippen LogP contribution < -0.4 is 5.73 Å². The first-order valence-corrected chi connectivity index (χ1v) is 7.41. The van der Waals surface area contributed by atoms with Crippen LogP contribution in [0.3, 0.4) is 0 Å². The van der Waals surface area contributed by atoms with E-state index in [4.69, 9.17) is 5.73 Å². The Bertz CT molecular complexity index is 431. The third kappa shape index (κ3) is 2.77. The van der Waals surface area contributed by atoms with E-state index in [1.54, 1.807) is 0 Å². The van der Waals surface area contributed by atoms with Crippen molar-refractivity contribution < 1.29 is 4.39 Å². The minimum Gasteiger partial charge on any atom is -0.324 e. The summed E-state index contributed by atoms with van der Waals surface area (Å²) in [6.45, 7) is 4.60. The normalized spacial score (nSPS) is 24.8. The fourth-order valence-corrected chi connectivity index (χ4v) is 3.54. The molecule has 1 aliphatic rings. The van der Waals surface area contributed by atoms with Crippen LogP contribution >= 0.6 is 15.9 Å². The maximum Gasteiger partial charge on any atom is 0.137 e. The van der Waals surface area contributed by atoms with Crippen molar-refractivity contribution in [2.75, 3.05) is 0 Å². The lowest BCUT2D eigenvalue weighted by Crippen LogP contribution is -2.36. The van der Waals surface area contributed by atoms with Crippen molar-refractivity contribution >= 4 is 15.9 Å². The smallest absolute Gasteiger partial charge is 0.137 e. The molecule has 2 unspecified atom stereocenters. The SMILES string of the molecule is CC1(C)CCCCC1C(N)c1ccc(F)c(Br)c1. The molecule has 2 N–H and O–H groups in total. The molecule has 0 spiro atoms. The molecule has 0 bridgehead atoms. The highest BCUT2D eigenvalue weighted by atomic mass is 79.9. The summed E-state index contributed by atoms with van der Waals surface area (Å²) in [7, 11) is 0. The van der Waals surface area contributed by atoms with Crippen molar-refractivity contribution in [1.29, 1.82) is 0 Å². The Balaban J connectivity index is 2.24. The molecule has 1 saturated carbocycles. The molecular formula is C15H21BrFN. The van der Waals surface area contributed by atoms with E-state index < -0.39 is 0 Å². The number of hydrogen-bond donors (Lipinski definition) is 1. The molecule has 0 radical (unpaired) electrons. The molecule has 0 heterocycles. The first-order chi connectivity index (χ1) is 8.42. The Morgan fingerprint density at radius 3 is 2.72 bits per heavy atom. The average Bonchev–Trinajstić information content (AvgIpc) is 2.31. The lowest BCUT2D eigenvalue weighted by Gasteiger charge is -2.42. The van der Waals surface area contributed by atoms with Crippen LogP contribution in [0.15, 0.2) is 22.7 Å². The van der Waals surface area contributed by atoms with Crippen LogP contribution in [0.2, 0.25) is 0 Å². The summed E-state index contributed by atoms with van der Waals surface area (Å²) in [4.78, 5) is 0. The topological polar surface area (TPSA) is 26.0 Å². The molecule has 0 aromatic heterocycles. The average molecular weight is 314 g/mol. The molecule has 0 amide bonds. The molecule has 0 saturated heterocycles. The Morgan fingerprint density at radius 1 is 1.39 bits per heavy atom. The largest absolute Gasteiger partial charge is 0.324 e. The highest BCUT2D eigenvalue weighted by molar-refractivity contribution is 9.10. The summed E-state index contributed by atoms with van der Waals surface area (Å²) >= 11 is 3.24. The number of hydrogen-bond acceptors (Lipinski definition) is 1. The third-order valence-corrected chi connectivity index (χ3v) is 4.96. The molecule has 1 fully saturated rings. The standard InChI is InChI=1S/C15H21BrFN/c1-15(2)8-4-3-5-11(15)14(18)10-6-7-13(17)12(16)9-10/h6-7,9,11,14H,3-5,8,18H2,1-2H3. The van der Waals surface area contributed by atoms with E-state index in [2.05, 4.69) is 29.8 Å². The molecule has 100 valence electrons. The van der Waals surface area contributed by atoms with Crippen molar-refractivity contribution in [2.45, 2.75) is 45.6 Å². The van der Waals surface area contributed by atoms with E-state index >= 15 is 0 Å². The fraction of sp³-hybridized carbons (Fsp3) is 0.600. The van der Waals surface area contributed by atoms with Crippen molar-refractivity contribution in [3.63, 3.8) is 0 Å². The molecule has 3 heteroatoms. The van der Waals surface area contributed by atoms with Gasteiger partial charge in [0.15, 0.2) is 0 Å². The van der Waals surface area contributed by atoms with Gasteiger partial charge in [-0.1, -0.05) is 32.8 Å². The van der Waals surface area contributed by atoms with Crippen molar-refractivity contribution in [2.24, 2.45) is 17.1 Å². The minimum atomic E-state index is -0.228. The molecule has 1 aromatic rings. The molecule has 1 aliphatic carbocycles. The van der Waals surface area contributed by atoms with Crippen molar-refractivity contribution in [1.82, 2.24) is 0 Å². The predicted octanol–water partition coefficient (Wildman–Crippen LogP) is 4.80. The van der Waals surface area contributed by atoms with Gasteiger partial charge in [-0.15, -0.1) is 0 Å². The third-order valence-electron chi connectivity index (χ3n) is 4.35. The molecular weight excluding hydrogens is 293 g/mol. The maximum atomic E-state index is 13.3. The van der Waals surface area contributed by atoms with Crippen LogP contribution in [0.1, 0.15) is 51.1 Å². The second-order valence-electron chi connectivity index (χ2n) is 6.04. The van der Waals surface area contributed by atoms with Crippen LogP contribution in [-0.4, -0.2) is 0 Å². The molecule has 2 atom stereocenters. The van der Waals surface area contributed by atoms with Gasteiger partial charge in [0.2, 0.25) is 0 Å². The summed E-state index contributed by atoms with van der Waals surface area (Å²) in [6, 6.07) is 5.13. The van der Waals surface area contributed by atoms with Gasteiger partial charge in [0.25, 0.3) is 0 Å².